The average molecular weight is 472 g/mol. The quantitative estimate of drug-likeness (QED) is 0.241. The number of fused-ring (bicyclic) bond motifs is 7. The first kappa shape index (κ1) is 20.6. The normalized spacial score (nSPS) is 13.1. The molecule has 0 saturated carbocycles. The van der Waals surface area contributed by atoms with E-state index in [1.54, 1.807) is 0 Å². The van der Waals surface area contributed by atoms with Crippen LogP contribution < -0.4 is 0 Å². The van der Waals surface area contributed by atoms with Gasteiger partial charge in [0, 0.05) is 16.3 Å². The molecule has 6 aromatic carbocycles. The number of aryl methyl sites for hydroxylation is 1. The lowest BCUT2D eigenvalue weighted by Gasteiger charge is -2.17. The molecule has 1 aromatic heterocycles. The SMILES string of the molecule is C1=Cc2ccc3c([nH]c4cc(-c5c6ccccc6c(-c6ccccc6)c6ccccc56)ccc43)c2CC1. The molecule has 174 valence electrons. The van der Waals surface area contributed by atoms with Gasteiger partial charge in [0.2, 0.25) is 0 Å². The number of benzene rings is 6. The number of hydrogen-bond donors (Lipinski definition) is 1. The van der Waals surface area contributed by atoms with Gasteiger partial charge >= 0.3 is 0 Å². The molecule has 8 rings (SSSR count). The summed E-state index contributed by atoms with van der Waals surface area (Å²) in [6, 6.07) is 40.1. The Hall–Kier alpha value is -4.62. The van der Waals surface area contributed by atoms with Gasteiger partial charge < -0.3 is 4.98 Å². The average Bonchev–Trinajstić information content (AvgIpc) is 3.34. The summed E-state index contributed by atoms with van der Waals surface area (Å²) in [4.78, 5) is 3.82. The first-order chi connectivity index (χ1) is 18.4. The minimum atomic E-state index is 1.10. The molecule has 1 N–H and O–H groups in total. The zero-order chi connectivity index (χ0) is 24.3. The lowest BCUT2D eigenvalue weighted by molar-refractivity contribution is 0.994. The Bertz CT molecular complexity index is 1960. The Labute approximate surface area is 215 Å². The van der Waals surface area contributed by atoms with Gasteiger partial charge in [-0.15, -0.1) is 0 Å². The van der Waals surface area contributed by atoms with Crippen molar-refractivity contribution in [2.45, 2.75) is 12.8 Å². The number of allylic oxidation sites excluding steroid dienone is 1. The van der Waals surface area contributed by atoms with Crippen molar-refractivity contribution in [2.75, 3.05) is 0 Å². The third kappa shape index (κ3) is 3.04. The molecule has 0 fully saturated rings. The van der Waals surface area contributed by atoms with Crippen LogP contribution in [0.3, 0.4) is 0 Å². The number of hydrogen-bond acceptors (Lipinski definition) is 0. The molecular weight excluding hydrogens is 446 g/mol. The molecule has 0 bridgehead atoms. The van der Waals surface area contributed by atoms with E-state index in [-0.39, 0.29) is 0 Å². The second kappa shape index (κ2) is 7.94. The van der Waals surface area contributed by atoms with Crippen molar-refractivity contribution in [3.63, 3.8) is 0 Å². The molecule has 0 radical (unpaired) electrons. The first-order valence-electron chi connectivity index (χ1n) is 13.1. The van der Waals surface area contributed by atoms with E-state index in [2.05, 4.69) is 126 Å². The van der Waals surface area contributed by atoms with Gasteiger partial charge in [0.05, 0.1) is 5.52 Å². The van der Waals surface area contributed by atoms with Crippen molar-refractivity contribution in [1.29, 1.82) is 0 Å². The van der Waals surface area contributed by atoms with Crippen molar-refractivity contribution in [3.8, 4) is 22.3 Å². The van der Waals surface area contributed by atoms with Crippen molar-refractivity contribution < 1.29 is 0 Å². The third-order valence-corrected chi connectivity index (χ3v) is 8.06. The van der Waals surface area contributed by atoms with Gasteiger partial charge in [0.15, 0.2) is 0 Å². The van der Waals surface area contributed by atoms with Crippen LogP contribution in [0.5, 0.6) is 0 Å². The van der Waals surface area contributed by atoms with Crippen LogP contribution in [0.25, 0.3) is 71.7 Å². The molecule has 1 heterocycles. The molecular formula is C36H25N. The lowest BCUT2D eigenvalue weighted by Crippen LogP contribution is -1.94. The van der Waals surface area contributed by atoms with E-state index < -0.39 is 0 Å². The number of aromatic amines is 1. The summed E-state index contributed by atoms with van der Waals surface area (Å²) in [6.07, 6.45) is 6.75. The van der Waals surface area contributed by atoms with E-state index in [4.69, 9.17) is 0 Å². The molecule has 1 aliphatic rings. The summed E-state index contributed by atoms with van der Waals surface area (Å²) in [5.74, 6) is 0. The van der Waals surface area contributed by atoms with E-state index in [0.717, 1.165) is 12.8 Å². The lowest BCUT2D eigenvalue weighted by atomic mass is 9.86. The van der Waals surface area contributed by atoms with Gasteiger partial charge in [-0.1, -0.05) is 115 Å². The summed E-state index contributed by atoms with van der Waals surface area (Å²) in [5, 5.41) is 7.78. The van der Waals surface area contributed by atoms with Crippen LogP contribution in [-0.4, -0.2) is 4.98 Å². The molecule has 0 amide bonds. The second-order valence-corrected chi connectivity index (χ2v) is 10.1. The monoisotopic (exact) mass is 471 g/mol. The minimum Gasteiger partial charge on any atom is -0.354 e. The van der Waals surface area contributed by atoms with Gasteiger partial charge in [-0.2, -0.15) is 0 Å². The number of aromatic nitrogens is 1. The van der Waals surface area contributed by atoms with Crippen LogP contribution in [0.2, 0.25) is 0 Å². The Kier molecular flexibility index (Phi) is 4.41. The fourth-order valence-corrected chi connectivity index (χ4v) is 6.42. The summed E-state index contributed by atoms with van der Waals surface area (Å²) < 4.78 is 0. The van der Waals surface area contributed by atoms with E-state index in [1.807, 2.05) is 0 Å². The number of rotatable bonds is 2. The van der Waals surface area contributed by atoms with Crippen LogP contribution >= 0.6 is 0 Å². The van der Waals surface area contributed by atoms with Gasteiger partial charge in [-0.3, -0.25) is 0 Å². The molecule has 0 atom stereocenters. The summed E-state index contributed by atoms with van der Waals surface area (Å²) >= 11 is 0. The Balaban J connectivity index is 1.45. The first-order valence-corrected chi connectivity index (χ1v) is 13.1. The summed E-state index contributed by atoms with van der Waals surface area (Å²) in [5.41, 5.74) is 10.4. The van der Waals surface area contributed by atoms with Gasteiger partial charge in [0.25, 0.3) is 0 Å². The maximum Gasteiger partial charge on any atom is 0.0503 e. The predicted molar refractivity (Wildman–Crippen MR) is 159 cm³/mol. The highest BCUT2D eigenvalue weighted by Crippen LogP contribution is 2.44. The Morgan fingerprint density at radius 2 is 1.14 bits per heavy atom. The van der Waals surface area contributed by atoms with Gasteiger partial charge in [-0.05, 0) is 73.8 Å². The highest BCUT2D eigenvalue weighted by Gasteiger charge is 2.18. The Morgan fingerprint density at radius 3 is 1.84 bits per heavy atom. The molecule has 0 aliphatic heterocycles. The molecule has 1 aliphatic carbocycles. The topological polar surface area (TPSA) is 15.8 Å². The predicted octanol–water partition coefficient (Wildman–Crippen LogP) is 9.92. The van der Waals surface area contributed by atoms with E-state index in [1.165, 1.54) is 76.7 Å². The Morgan fingerprint density at radius 1 is 0.514 bits per heavy atom. The summed E-state index contributed by atoms with van der Waals surface area (Å²) in [6.45, 7) is 0. The fourth-order valence-electron chi connectivity index (χ4n) is 6.42. The second-order valence-electron chi connectivity index (χ2n) is 10.1. The molecule has 7 aromatic rings. The van der Waals surface area contributed by atoms with E-state index >= 15 is 0 Å². The molecule has 0 saturated heterocycles. The maximum atomic E-state index is 3.82. The van der Waals surface area contributed by atoms with Crippen LogP contribution in [0.1, 0.15) is 17.5 Å². The van der Waals surface area contributed by atoms with Crippen molar-refractivity contribution in [3.05, 3.63) is 126 Å². The highest BCUT2D eigenvalue weighted by molar-refractivity contribution is 6.22. The fraction of sp³-hybridized carbons (Fsp3) is 0.0556. The zero-order valence-electron chi connectivity index (χ0n) is 20.5. The maximum absolute atomic E-state index is 3.82. The summed E-state index contributed by atoms with van der Waals surface area (Å²) in [7, 11) is 0. The van der Waals surface area contributed by atoms with Crippen molar-refractivity contribution in [2.24, 2.45) is 0 Å². The number of H-pyrrole nitrogens is 1. The molecule has 0 unspecified atom stereocenters. The zero-order valence-corrected chi connectivity index (χ0v) is 20.5. The molecule has 1 heteroatoms. The smallest absolute Gasteiger partial charge is 0.0503 e. The minimum absolute atomic E-state index is 1.10. The number of nitrogens with one attached hydrogen (secondary N) is 1. The van der Waals surface area contributed by atoms with Gasteiger partial charge in [0.1, 0.15) is 0 Å². The van der Waals surface area contributed by atoms with Crippen LogP contribution in [0.4, 0.5) is 0 Å². The van der Waals surface area contributed by atoms with Crippen LogP contribution in [0, 0.1) is 0 Å². The molecule has 0 spiro atoms. The van der Waals surface area contributed by atoms with Gasteiger partial charge in [-0.25, -0.2) is 0 Å². The largest absolute Gasteiger partial charge is 0.354 e. The third-order valence-electron chi connectivity index (χ3n) is 8.06. The van der Waals surface area contributed by atoms with Crippen LogP contribution in [0.15, 0.2) is 115 Å². The van der Waals surface area contributed by atoms with Crippen molar-refractivity contribution >= 4 is 49.4 Å². The van der Waals surface area contributed by atoms with E-state index in [9.17, 15) is 0 Å². The highest BCUT2D eigenvalue weighted by atomic mass is 14.7. The molecule has 1 nitrogen and oxygen atoms in total. The molecule has 37 heavy (non-hydrogen) atoms. The van der Waals surface area contributed by atoms with E-state index in [0.29, 0.717) is 0 Å². The van der Waals surface area contributed by atoms with Crippen molar-refractivity contribution in [1.82, 2.24) is 4.98 Å². The van der Waals surface area contributed by atoms with Crippen LogP contribution in [-0.2, 0) is 6.42 Å². The standard InChI is InChI=1S/C36H25N/c1-2-11-24(12-3-1)34-28-14-6-8-16-30(28)35(31-17-9-7-15-29(31)34)25-19-20-27-32-21-18-23-10-4-5-13-26(23)36(32)37-33(27)22-25/h1-4,6-12,14-22,37H,5,13H2.